The van der Waals surface area contributed by atoms with Gasteiger partial charge in [-0.1, -0.05) is 212 Å². The zero-order valence-corrected chi connectivity index (χ0v) is 68.2. The van der Waals surface area contributed by atoms with Crippen LogP contribution in [0.2, 0.25) is 0 Å². The van der Waals surface area contributed by atoms with Gasteiger partial charge in [-0.25, -0.2) is 0 Å². The van der Waals surface area contributed by atoms with E-state index in [0.29, 0.717) is 69.0 Å². The Morgan fingerprint density at radius 3 is 0.291 bits per heavy atom. The van der Waals surface area contributed by atoms with Gasteiger partial charge in [-0.15, -0.1) is 0 Å². The molecule has 0 bridgehead atoms. The van der Waals surface area contributed by atoms with Gasteiger partial charge in [-0.2, -0.15) is 18.3 Å². The molecule has 0 fully saturated rings. The van der Waals surface area contributed by atoms with Crippen molar-refractivity contribution in [3.05, 3.63) is 358 Å². The van der Waals surface area contributed by atoms with Gasteiger partial charge in [-0.3, -0.25) is 0 Å². The monoisotopic (exact) mass is 1630 g/mol. The van der Waals surface area contributed by atoms with E-state index in [1.807, 2.05) is 229 Å². The molecule has 0 spiro atoms. The number of phosphoric ester groups is 4. The molecule has 573 valence electrons. The van der Waals surface area contributed by atoms with Crippen molar-refractivity contribution in [1.82, 2.24) is 0 Å². The quantitative estimate of drug-likeness (QED) is 0.0475. The molecule has 0 saturated carbocycles. The summed E-state index contributed by atoms with van der Waals surface area (Å²) in [6.07, 6.45) is 0. The first-order chi connectivity index (χ1) is 51.7. The van der Waals surface area contributed by atoms with Crippen LogP contribution in [0, 0.1) is 93.3 Å². The van der Waals surface area contributed by atoms with Crippen LogP contribution in [0.5, 0.6) is 69.0 Å². The Bertz CT molecular complexity index is 3870. The van der Waals surface area contributed by atoms with Gasteiger partial charge >= 0.3 is 77.5 Å². The van der Waals surface area contributed by atoms with Crippen molar-refractivity contribution in [2.45, 2.75) is 83.1 Å². The van der Waals surface area contributed by atoms with Gasteiger partial charge in [0.05, 0.1) is 0 Å². The van der Waals surface area contributed by atoms with Gasteiger partial charge in [0, 0.05) is 0 Å². The van der Waals surface area contributed by atoms with E-state index in [4.69, 9.17) is 72.9 Å². The molecule has 1 radical (unpaired) electrons. The molecule has 0 aromatic heterocycles. The minimum atomic E-state index is -4.19. The van der Waals surface area contributed by atoms with Gasteiger partial charge in [0.1, 0.15) is 69.0 Å². The average molecular weight is 1630 g/mol. The predicted octanol–water partition coefficient (Wildman–Crippen LogP) is 22.2. The fourth-order valence-electron chi connectivity index (χ4n) is 8.96. The van der Waals surface area contributed by atoms with Gasteiger partial charge in [0.25, 0.3) is 0 Å². The van der Waals surface area contributed by atoms with E-state index in [9.17, 15) is 18.3 Å². The fraction of sp³-hybridized carbons (Fsp3) is 0.143. The van der Waals surface area contributed by atoms with Crippen LogP contribution in [0.25, 0.3) is 0 Å². The van der Waals surface area contributed by atoms with Crippen LogP contribution in [0.15, 0.2) is 291 Å². The first kappa shape index (κ1) is 87.1. The third-order valence-electron chi connectivity index (χ3n) is 14.9. The third kappa shape index (κ3) is 31.8. The summed E-state index contributed by atoms with van der Waals surface area (Å²) >= 11 is 0. The van der Waals surface area contributed by atoms with Crippen molar-refractivity contribution < 1.29 is 119 Å². The van der Waals surface area contributed by atoms with Gasteiger partial charge in [-0.05, 0) is 229 Å². The van der Waals surface area contributed by atoms with Crippen molar-refractivity contribution in [2.75, 3.05) is 0 Å². The molecule has 0 heterocycles. The fourth-order valence-corrected chi connectivity index (χ4v) is 14.0. The average Bonchev–Trinajstić information content (AvgIpc) is 0.841. The van der Waals surface area contributed by atoms with E-state index < -0.39 is 41.5 Å². The van der Waals surface area contributed by atoms with Crippen LogP contribution in [-0.4, -0.2) is 14.0 Å². The van der Waals surface area contributed by atoms with E-state index >= 15 is 0 Å². The molecular weight excluding hydrogens is 1540 g/mol. The Hall–Kier alpha value is -10.2. The molecule has 0 atom stereocenters. The summed E-state index contributed by atoms with van der Waals surface area (Å²) < 4.78 is 151. The Balaban J connectivity index is 0.000000199. The number of aryl methyl sites for hydroxylation is 12. The summed E-state index contributed by atoms with van der Waals surface area (Å²) in [5.41, 5.74) is 12.9. The molecule has 12 rings (SSSR count). The topological polar surface area (TPSA) is 263 Å². The third-order valence-corrected chi connectivity index (χ3v) is 20.1. The number of hydrogen-bond donors (Lipinski definition) is 3. The van der Waals surface area contributed by atoms with E-state index in [2.05, 4.69) is 0 Å². The summed E-state index contributed by atoms with van der Waals surface area (Å²) in [4.78, 5) is 0. The maximum absolute atomic E-state index is 13.3. The molecular formula is C84H87ClCrO20P4+3. The number of benzene rings is 12. The molecule has 0 aliphatic rings. The molecule has 0 amide bonds. The zero-order valence-electron chi connectivity index (χ0n) is 62.6. The Morgan fingerprint density at radius 2 is 0.236 bits per heavy atom. The van der Waals surface area contributed by atoms with Crippen LogP contribution < -0.4 is 58.9 Å². The van der Waals surface area contributed by atoms with Crippen molar-refractivity contribution in [3.8, 4) is 69.0 Å². The van der Waals surface area contributed by atoms with Crippen molar-refractivity contribution >= 4 is 31.3 Å². The molecule has 20 nitrogen and oxygen atoms in total. The zero-order chi connectivity index (χ0) is 78.8. The van der Waals surface area contributed by atoms with Crippen LogP contribution in [0.3, 0.4) is 0 Å². The molecule has 110 heavy (non-hydrogen) atoms. The Kier molecular flexibility index (Phi) is 32.5. The Morgan fingerprint density at radius 1 is 0.182 bits per heavy atom. The van der Waals surface area contributed by atoms with E-state index in [1.165, 1.54) is 0 Å². The molecule has 0 saturated heterocycles. The molecule has 26 heteroatoms. The van der Waals surface area contributed by atoms with Crippen LogP contribution >= 0.6 is 31.3 Å². The van der Waals surface area contributed by atoms with Gasteiger partial charge in [0.2, 0.25) is 0 Å². The molecule has 0 unspecified atom stereocenters. The molecule has 12 aromatic rings. The predicted molar refractivity (Wildman–Crippen MR) is 419 cm³/mol. The molecule has 0 aliphatic heterocycles. The number of hydrogen-bond acceptors (Lipinski definition) is 20. The molecule has 12 aromatic carbocycles. The first-order valence-electron chi connectivity index (χ1n) is 33.9. The molecule has 0 aliphatic carbocycles. The number of halogens is 1. The summed E-state index contributed by atoms with van der Waals surface area (Å²) in [5, 5.41) is 0. The van der Waals surface area contributed by atoms with E-state index in [1.54, 1.807) is 146 Å². The van der Waals surface area contributed by atoms with Gasteiger partial charge in [0.15, 0.2) is 0 Å². The number of rotatable bonds is 24. The SMILES string of the molecule is Cc1ccc(OP(=O)(Oc2ccc(C)cc2)Oc2ccc(C)cc2)cc1.Cc1ccc(OP(=O)(Oc2ccc(C)cc2)Oc2ccc(C)cc2)cc1.Cc1ccc(OP(=O)(Oc2ccc(C)cc2)Oc2ccc(C)cc2)cc1.Cc1ccc(OP(=O)(Oc2ccc(C)cc2)Oc2ccc(C)cc2)cc1.[Cr+3].[O-][Cl+](O)(O)O. The first-order valence-corrected chi connectivity index (χ1v) is 41.1. The van der Waals surface area contributed by atoms with Crippen LogP contribution in [-0.2, 0) is 35.6 Å². The second-order valence-corrected chi connectivity index (χ2v) is 31.7. The summed E-state index contributed by atoms with van der Waals surface area (Å²) in [7, 11) is -19.9. The summed E-state index contributed by atoms with van der Waals surface area (Å²) in [5.74, 6) is 4.98. The van der Waals surface area contributed by atoms with E-state index in [0.717, 1.165) is 66.8 Å². The second kappa shape index (κ2) is 41.0. The Labute approximate surface area is 656 Å². The van der Waals surface area contributed by atoms with Crippen molar-refractivity contribution in [2.24, 2.45) is 0 Å². The van der Waals surface area contributed by atoms with E-state index in [-0.39, 0.29) is 17.4 Å². The summed E-state index contributed by atoms with van der Waals surface area (Å²) in [6.45, 7) is 23.6. The van der Waals surface area contributed by atoms with Gasteiger partial charge < -0.3 is 54.3 Å². The summed E-state index contributed by atoms with van der Waals surface area (Å²) in [6, 6.07) is 86.6. The second-order valence-electron chi connectivity index (χ2n) is 25.1. The van der Waals surface area contributed by atoms with Crippen molar-refractivity contribution in [1.29, 1.82) is 0 Å². The van der Waals surface area contributed by atoms with Crippen molar-refractivity contribution in [3.63, 3.8) is 0 Å². The molecule has 3 N–H and O–H groups in total. The van der Waals surface area contributed by atoms with Crippen LogP contribution in [0.1, 0.15) is 66.8 Å². The standard InChI is InChI=1S/4C21H21O4P.ClH3O4.Cr/c4*1-16-4-10-19(11-5-16)23-26(22,24-20-12-6-17(2)7-13-20)25-21-14-8-18(3)9-15-21;2-1(3,4)5;/h4*4-15H,1-3H3;2-4H;/q;;;;;+3. The minimum absolute atomic E-state index is 0. The number of phosphoric acid groups is 4. The normalized spacial score (nSPS) is 11.1. The van der Waals surface area contributed by atoms with Crippen LogP contribution in [0.4, 0.5) is 0 Å². The maximum atomic E-state index is 13.3.